The fraction of sp³-hybridized carbons (Fsp3) is 0.154. The van der Waals surface area contributed by atoms with Crippen molar-refractivity contribution < 1.29 is 0 Å². The van der Waals surface area contributed by atoms with E-state index in [4.69, 9.17) is 0 Å². The molecule has 2 unspecified atom stereocenters. The van der Waals surface area contributed by atoms with Crippen LogP contribution in [0, 0.1) is 0 Å². The van der Waals surface area contributed by atoms with Crippen LogP contribution < -0.4 is 0 Å². The Hall–Kier alpha value is -5.72. The Labute approximate surface area is 304 Å². The zero-order valence-corrected chi connectivity index (χ0v) is 30.0. The zero-order chi connectivity index (χ0) is 34.7. The van der Waals surface area contributed by atoms with E-state index in [0.717, 1.165) is 0 Å². The molecule has 0 saturated heterocycles. The first kappa shape index (κ1) is 28.9. The van der Waals surface area contributed by atoms with Gasteiger partial charge >= 0.3 is 0 Å². The average molecular weight is 663 g/mol. The van der Waals surface area contributed by atoms with Crippen molar-refractivity contribution in [1.29, 1.82) is 0 Å². The first-order valence-corrected chi connectivity index (χ1v) is 18.9. The highest BCUT2D eigenvalue weighted by Gasteiger charge is 2.58. The molecule has 2 aliphatic rings. The van der Waals surface area contributed by atoms with Crippen molar-refractivity contribution >= 4 is 64.6 Å². The third-order valence-electron chi connectivity index (χ3n) is 13.7. The van der Waals surface area contributed by atoms with Crippen LogP contribution in [0.4, 0.5) is 0 Å². The molecule has 10 aromatic rings. The highest BCUT2D eigenvalue weighted by molar-refractivity contribution is 6.26. The van der Waals surface area contributed by atoms with E-state index in [0.29, 0.717) is 11.8 Å². The lowest BCUT2D eigenvalue weighted by Gasteiger charge is -2.31. The second-order valence-electron chi connectivity index (χ2n) is 16.9. The van der Waals surface area contributed by atoms with Crippen LogP contribution in [0.5, 0.6) is 0 Å². The molecule has 52 heavy (non-hydrogen) atoms. The van der Waals surface area contributed by atoms with Gasteiger partial charge < -0.3 is 0 Å². The molecule has 0 spiro atoms. The third kappa shape index (κ3) is 3.48. The molecule has 0 nitrogen and oxygen atoms in total. The minimum Gasteiger partial charge on any atom is -0.0610 e. The normalized spacial score (nSPS) is 18.7. The predicted molar refractivity (Wildman–Crippen MR) is 223 cm³/mol. The lowest BCUT2D eigenvalue weighted by atomic mass is 9.72. The Morgan fingerprint density at radius 3 is 1.10 bits per heavy atom. The van der Waals surface area contributed by atoms with Gasteiger partial charge in [0.25, 0.3) is 0 Å². The topological polar surface area (TPSA) is 0 Å². The van der Waals surface area contributed by atoms with Crippen LogP contribution >= 0.6 is 0 Å². The van der Waals surface area contributed by atoms with Gasteiger partial charge in [0, 0.05) is 11.8 Å². The summed E-state index contributed by atoms with van der Waals surface area (Å²) in [5.41, 5.74) is 11.4. The second kappa shape index (κ2) is 9.58. The molecule has 10 aromatic carbocycles. The van der Waals surface area contributed by atoms with Crippen molar-refractivity contribution in [3.63, 3.8) is 0 Å². The Morgan fingerprint density at radius 2 is 0.692 bits per heavy atom. The van der Waals surface area contributed by atoms with Gasteiger partial charge in [-0.2, -0.15) is 0 Å². The first-order valence-electron chi connectivity index (χ1n) is 18.9. The molecule has 2 atom stereocenters. The Balaban J connectivity index is 0.993. The summed E-state index contributed by atoms with van der Waals surface area (Å²) in [4.78, 5) is 0. The summed E-state index contributed by atoms with van der Waals surface area (Å²) in [5.74, 6) is 0.860. The van der Waals surface area contributed by atoms with E-state index in [9.17, 15) is 0 Å². The molecule has 2 aliphatic carbocycles. The van der Waals surface area contributed by atoms with Crippen molar-refractivity contribution in [3.05, 3.63) is 168 Å². The van der Waals surface area contributed by atoms with Crippen molar-refractivity contribution in [2.45, 2.75) is 50.4 Å². The standard InChI is InChI=1S/C52H38/c1-51(2)43-27-35(37-21-15-33-13-11-29-7-5-9-31-17-23-39(37)47(33)45(29)31)19-25-41(43)50-49(51)42-26-20-36(28-44(42)52(50,3)4)38-22-16-34-14-12-30-8-6-10-32-18-24-40(38)48(34)46(30)32/h5-28,49-50H,1-4H3. The van der Waals surface area contributed by atoms with Crippen molar-refractivity contribution in [2.24, 2.45) is 0 Å². The molecule has 0 N–H and O–H groups in total. The molecule has 0 aliphatic heterocycles. The molecule has 246 valence electrons. The smallest absolute Gasteiger partial charge is 0.00102 e. The highest BCUT2D eigenvalue weighted by atomic mass is 14.6. The monoisotopic (exact) mass is 662 g/mol. The molecule has 0 radical (unpaired) electrons. The molecule has 0 heteroatoms. The van der Waals surface area contributed by atoms with E-state index in [1.54, 1.807) is 0 Å². The van der Waals surface area contributed by atoms with Crippen molar-refractivity contribution in [2.75, 3.05) is 0 Å². The molecular weight excluding hydrogens is 625 g/mol. The lowest BCUT2D eigenvalue weighted by Crippen LogP contribution is -2.25. The number of benzene rings is 10. The minimum atomic E-state index is -0.00314. The van der Waals surface area contributed by atoms with Gasteiger partial charge in [-0.1, -0.05) is 173 Å². The van der Waals surface area contributed by atoms with Crippen LogP contribution in [0.2, 0.25) is 0 Å². The summed E-state index contributed by atoms with van der Waals surface area (Å²) >= 11 is 0. The lowest BCUT2D eigenvalue weighted by molar-refractivity contribution is 0.349. The zero-order valence-electron chi connectivity index (χ0n) is 30.0. The van der Waals surface area contributed by atoms with E-state index in [1.165, 1.54) is 109 Å². The molecule has 0 amide bonds. The first-order chi connectivity index (χ1) is 25.3. The van der Waals surface area contributed by atoms with Crippen LogP contribution in [0.25, 0.3) is 86.9 Å². The quantitative estimate of drug-likeness (QED) is 0.162. The fourth-order valence-electron chi connectivity index (χ4n) is 11.4. The predicted octanol–water partition coefficient (Wildman–Crippen LogP) is 14.3. The Bertz CT molecular complexity index is 2890. The number of hydrogen-bond acceptors (Lipinski definition) is 0. The maximum atomic E-state index is 2.55. The van der Waals surface area contributed by atoms with Gasteiger partial charge in [0.15, 0.2) is 0 Å². The number of rotatable bonds is 2. The minimum absolute atomic E-state index is 0.00314. The second-order valence-corrected chi connectivity index (χ2v) is 16.9. The third-order valence-corrected chi connectivity index (χ3v) is 13.7. The number of hydrogen-bond donors (Lipinski definition) is 0. The van der Waals surface area contributed by atoms with Crippen LogP contribution in [-0.4, -0.2) is 0 Å². The summed E-state index contributed by atoms with van der Waals surface area (Å²) in [5, 5.41) is 16.2. The summed E-state index contributed by atoms with van der Waals surface area (Å²) < 4.78 is 0. The maximum absolute atomic E-state index is 2.55. The molecule has 0 heterocycles. The molecule has 0 aromatic heterocycles. The van der Waals surface area contributed by atoms with E-state index >= 15 is 0 Å². The summed E-state index contributed by atoms with van der Waals surface area (Å²) in [6.07, 6.45) is 0. The van der Waals surface area contributed by atoms with Crippen LogP contribution in [0.1, 0.15) is 61.8 Å². The Kier molecular flexibility index (Phi) is 5.33. The van der Waals surface area contributed by atoms with E-state index in [1.807, 2.05) is 0 Å². The van der Waals surface area contributed by atoms with Crippen LogP contribution in [0.3, 0.4) is 0 Å². The summed E-state index contributed by atoms with van der Waals surface area (Å²) in [7, 11) is 0. The molecular formula is C52H38. The van der Waals surface area contributed by atoms with Crippen molar-refractivity contribution in [1.82, 2.24) is 0 Å². The SMILES string of the molecule is CC1(C)c2cc(-c3ccc4ccc5cccc6ccc3c4c56)ccc2C2C1c1ccc(-c3ccc4ccc5cccc6ccc3c4c56)cc1C2(C)C. The summed E-state index contributed by atoms with van der Waals surface area (Å²) in [6.45, 7) is 10.0. The number of fused-ring (bicyclic) bond motifs is 5. The van der Waals surface area contributed by atoms with Gasteiger partial charge in [0.05, 0.1) is 0 Å². The van der Waals surface area contributed by atoms with Gasteiger partial charge in [0.2, 0.25) is 0 Å². The molecule has 0 saturated carbocycles. The van der Waals surface area contributed by atoms with Gasteiger partial charge in [-0.05, 0) is 120 Å². The van der Waals surface area contributed by atoms with E-state index < -0.39 is 0 Å². The van der Waals surface area contributed by atoms with E-state index in [-0.39, 0.29) is 10.8 Å². The molecule has 0 fully saturated rings. The van der Waals surface area contributed by atoms with Gasteiger partial charge in [-0.15, -0.1) is 0 Å². The van der Waals surface area contributed by atoms with Gasteiger partial charge in [-0.25, -0.2) is 0 Å². The van der Waals surface area contributed by atoms with Crippen LogP contribution in [-0.2, 0) is 10.8 Å². The fourth-order valence-corrected chi connectivity index (χ4v) is 11.4. The average Bonchev–Trinajstić information content (AvgIpc) is 3.56. The summed E-state index contributed by atoms with van der Waals surface area (Å²) in [6, 6.07) is 56.1. The van der Waals surface area contributed by atoms with E-state index in [2.05, 4.69) is 173 Å². The molecule has 0 bridgehead atoms. The van der Waals surface area contributed by atoms with Gasteiger partial charge in [-0.3, -0.25) is 0 Å². The Morgan fingerprint density at radius 1 is 0.346 bits per heavy atom. The van der Waals surface area contributed by atoms with Crippen LogP contribution in [0.15, 0.2) is 146 Å². The molecule has 12 rings (SSSR count). The van der Waals surface area contributed by atoms with Gasteiger partial charge in [0.1, 0.15) is 0 Å². The van der Waals surface area contributed by atoms with Crippen molar-refractivity contribution in [3.8, 4) is 22.3 Å². The maximum Gasteiger partial charge on any atom is 0.00102 e. The largest absolute Gasteiger partial charge is 0.0610 e. The highest BCUT2D eigenvalue weighted by Crippen LogP contribution is 2.67.